The number of fused-ring (bicyclic) bond motifs is 3. The second-order valence-electron chi connectivity index (χ2n) is 8.44. The van der Waals surface area contributed by atoms with Crippen LogP contribution in [0.2, 0.25) is 0 Å². The largest absolute Gasteiger partial charge is 0.497 e. The number of hydrogen-bond donors (Lipinski definition) is 0. The third kappa shape index (κ3) is 4.29. The molecule has 0 spiro atoms. The van der Waals surface area contributed by atoms with Crippen LogP contribution in [-0.2, 0) is 11.4 Å². The number of oxime groups is 1. The van der Waals surface area contributed by atoms with Crippen molar-refractivity contribution in [3.63, 3.8) is 0 Å². The molecular weight excluding hydrogens is 466 g/mol. The zero-order chi connectivity index (χ0) is 25.2. The molecule has 0 aliphatic rings. The van der Waals surface area contributed by atoms with Crippen molar-refractivity contribution < 1.29 is 14.0 Å². The van der Waals surface area contributed by atoms with Crippen LogP contribution in [0.3, 0.4) is 0 Å². The van der Waals surface area contributed by atoms with Crippen LogP contribution < -0.4 is 4.74 Å². The summed E-state index contributed by atoms with van der Waals surface area (Å²) >= 11 is 0. The summed E-state index contributed by atoms with van der Waals surface area (Å²) < 4.78 is 13.1. The minimum absolute atomic E-state index is 0.112. The zero-order valence-corrected chi connectivity index (χ0v) is 20.3. The van der Waals surface area contributed by atoms with Gasteiger partial charge in [-0.2, -0.15) is 0 Å². The normalized spacial score (nSPS) is 11.8. The van der Waals surface area contributed by atoms with Crippen molar-refractivity contribution in [1.29, 1.82) is 0 Å². The van der Waals surface area contributed by atoms with Crippen LogP contribution in [0.1, 0.15) is 18.3 Å². The van der Waals surface area contributed by atoms with E-state index in [1.165, 1.54) is 0 Å². The van der Waals surface area contributed by atoms with Gasteiger partial charge in [0.2, 0.25) is 5.71 Å². The van der Waals surface area contributed by atoms with Gasteiger partial charge in [0, 0.05) is 11.1 Å². The van der Waals surface area contributed by atoms with Crippen LogP contribution in [-0.4, -0.2) is 32.4 Å². The number of furan rings is 1. The maximum Gasteiger partial charge on any atom is 0.232 e. The van der Waals surface area contributed by atoms with E-state index in [1.807, 2.05) is 79.7 Å². The highest BCUT2D eigenvalue weighted by Gasteiger charge is 2.22. The zero-order valence-electron chi connectivity index (χ0n) is 20.3. The minimum Gasteiger partial charge on any atom is -0.497 e. The highest BCUT2D eigenvalue weighted by molar-refractivity contribution is 6.07. The quantitative estimate of drug-likeness (QED) is 0.197. The Labute approximate surface area is 212 Å². The molecule has 182 valence electrons. The molecule has 0 fully saturated rings. The Kier molecular flexibility index (Phi) is 5.82. The number of rotatable bonds is 7. The lowest BCUT2D eigenvalue weighted by Gasteiger charge is -2.03. The molecule has 0 atom stereocenters. The average Bonchev–Trinajstić information content (AvgIpc) is 3.55. The van der Waals surface area contributed by atoms with E-state index in [0.717, 1.165) is 44.9 Å². The van der Waals surface area contributed by atoms with E-state index in [2.05, 4.69) is 27.4 Å². The Bertz CT molecular complexity index is 1710. The number of ether oxygens (including phenoxy) is 1. The lowest BCUT2D eigenvalue weighted by Crippen LogP contribution is -1.98. The Morgan fingerprint density at radius 3 is 2.32 bits per heavy atom. The monoisotopic (exact) mass is 489 g/mol. The molecule has 0 unspecified atom stereocenters. The second-order valence-corrected chi connectivity index (χ2v) is 8.44. The molecule has 3 aromatic heterocycles. The van der Waals surface area contributed by atoms with Gasteiger partial charge in [0.25, 0.3) is 0 Å². The maximum atomic E-state index is 6.28. The molecule has 8 heteroatoms. The van der Waals surface area contributed by atoms with Crippen molar-refractivity contribution >= 4 is 22.5 Å². The first-order chi connectivity index (χ1) is 18.2. The van der Waals surface area contributed by atoms with Crippen LogP contribution in [0, 0.1) is 0 Å². The number of nitrogens with zero attached hydrogens (tertiary/aromatic N) is 5. The molecule has 6 rings (SSSR count). The lowest BCUT2D eigenvalue weighted by atomic mass is 9.99. The fourth-order valence-corrected chi connectivity index (χ4v) is 4.25. The van der Waals surface area contributed by atoms with Gasteiger partial charge in [0.15, 0.2) is 18.1 Å². The highest BCUT2D eigenvalue weighted by atomic mass is 16.6. The van der Waals surface area contributed by atoms with Crippen molar-refractivity contribution in [2.24, 2.45) is 5.16 Å². The third-order valence-electron chi connectivity index (χ3n) is 6.07. The summed E-state index contributed by atoms with van der Waals surface area (Å²) in [5.41, 5.74) is 5.72. The van der Waals surface area contributed by atoms with Gasteiger partial charge in [-0.3, -0.25) is 0 Å². The topological polar surface area (TPSA) is 87.0 Å². The Balaban J connectivity index is 1.37. The Hall–Kier alpha value is -4.98. The predicted octanol–water partition coefficient (Wildman–Crippen LogP) is 6.15. The molecule has 8 nitrogen and oxygen atoms in total. The standard InChI is InChI=1S/C29H23N5O3/c1-19(20-13-15-23(35-2)16-14-20)33-36-17-24-31-28-26-25(21-9-5-3-6-10-21)27(22-11-7-4-8-12-22)37-29(26)30-18-34(28)32-24/h3-16,18H,17H2,1-2H3/b33-19+. The van der Waals surface area contributed by atoms with Gasteiger partial charge in [-0.15, -0.1) is 5.10 Å². The van der Waals surface area contributed by atoms with Gasteiger partial charge in [0.05, 0.1) is 18.2 Å². The van der Waals surface area contributed by atoms with Gasteiger partial charge in [0.1, 0.15) is 17.8 Å². The van der Waals surface area contributed by atoms with Crippen LogP contribution >= 0.6 is 0 Å². The molecule has 0 radical (unpaired) electrons. The van der Waals surface area contributed by atoms with E-state index >= 15 is 0 Å². The number of aromatic nitrogens is 4. The first kappa shape index (κ1) is 22.5. The number of methoxy groups -OCH3 is 1. The molecule has 0 saturated heterocycles. The van der Waals surface area contributed by atoms with Crippen molar-refractivity contribution in [2.45, 2.75) is 13.5 Å². The molecule has 37 heavy (non-hydrogen) atoms. The molecule has 0 aliphatic carbocycles. The molecular formula is C29H23N5O3. The molecule has 0 N–H and O–H groups in total. The molecule has 0 bridgehead atoms. The second kappa shape index (κ2) is 9.58. The van der Waals surface area contributed by atoms with Gasteiger partial charge >= 0.3 is 0 Å². The Morgan fingerprint density at radius 2 is 1.62 bits per heavy atom. The summed E-state index contributed by atoms with van der Waals surface area (Å²) in [6.07, 6.45) is 1.60. The fourth-order valence-electron chi connectivity index (χ4n) is 4.25. The van der Waals surface area contributed by atoms with E-state index in [1.54, 1.807) is 18.0 Å². The van der Waals surface area contributed by atoms with Gasteiger partial charge in [-0.1, -0.05) is 65.8 Å². The van der Waals surface area contributed by atoms with Crippen molar-refractivity contribution in [1.82, 2.24) is 19.6 Å². The van der Waals surface area contributed by atoms with Crippen LogP contribution in [0.15, 0.2) is 101 Å². The van der Waals surface area contributed by atoms with E-state index in [-0.39, 0.29) is 6.61 Å². The predicted molar refractivity (Wildman–Crippen MR) is 141 cm³/mol. The van der Waals surface area contributed by atoms with Crippen molar-refractivity contribution in [3.8, 4) is 28.2 Å². The minimum atomic E-state index is 0.112. The summed E-state index contributed by atoms with van der Waals surface area (Å²) in [6.45, 7) is 2.00. The van der Waals surface area contributed by atoms with Crippen molar-refractivity contribution in [2.75, 3.05) is 7.11 Å². The van der Waals surface area contributed by atoms with Gasteiger partial charge in [-0.25, -0.2) is 14.5 Å². The first-order valence-electron chi connectivity index (χ1n) is 11.8. The SMILES string of the molecule is COc1ccc(/C(C)=N/OCc2nc3c4c(-c5ccccc5)c(-c5ccccc5)oc4ncn3n2)cc1. The smallest absolute Gasteiger partial charge is 0.232 e. The maximum absolute atomic E-state index is 6.28. The molecule has 0 amide bonds. The third-order valence-corrected chi connectivity index (χ3v) is 6.07. The average molecular weight is 490 g/mol. The van der Waals surface area contributed by atoms with E-state index in [0.29, 0.717) is 17.2 Å². The first-order valence-corrected chi connectivity index (χ1v) is 11.8. The van der Waals surface area contributed by atoms with E-state index < -0.39 is 0 Å². The summed E-state index contributed by atoms with van der Waals surface area (Å²) in [5.74, 6) is 2.01. The van der Waals surface area contributed by atoms with Crippen molar-refractivity contribution in [3.05, 3.63) is 103 Å². The van der Waals surface area contributed by atoms with Crippen LogP contribution in [0.4, 0.5) is 0 Å². The van der Waals surface area contributed by atoms with Crippen LogP contribution in [0.5, 0.6) is 5.75 Å². The molecule has 3 heterocycles. The molecule has 0 saturated carbocycles. The van der Waals surface area contributed by atoms with E-state index in [9.17, 15) is 0 Å². The summed E-state index contributed by atoms with van der Waals surface area (Å²) in [7, 11) is 1.64. The van der Waals surface area contributed by atoms with Crippen LogP contribution in [0.25, 0.3) is 39.2 Å². The van der Waals surface area contributed by atoms with Gasteiger partial charge in [-0.05, 0) is 42.3 Å². The molecule has 3 aromatic carbocycles. The lowest BCUT2D eigenvalue weighted by molar-refractivity contribution is 0.125. The summed E-state index contributed by atoms with van der Waals surface area (Å²) in [4.78, 5) is 14.9. The molecule has 0 aliphatic heterocycles. The highest BCUT2D eigenvalue weighted by Crippen LogP contribution is 2.41. The summed E-state index contributed by atoms with van der Waals surface area (Å²) in [6, 6.07) is 27.7. The number of hydrogen-bond acceptors (Lipinski definition) is 7. The molecule has 6 aromatic rings. The number of benzene rings is 3. The fraction of sp³-hybridized carbons (Fsp3) is 0.103. The Morgan fingerprint density at radius 1 is 0.919 bits per heavy atom. The summed E-state index contributed by atoms with van der Waals surface area (Å²) in [5, 5.41) is 9.60. The van der Waals surface area contributed by atoms with Gasteiger partial charge < -0.3 is 14.0 Å². The van der Waals surface area contributed by atoms with E-state index in [4.69, 9.17) is 19.0 Å².